The van der Waals surface area contributed by atoms with Gasteiger partial charge in [0.25, 0.3) is 0 Å². The summed E-state index contributed by atoms with van der Waals surface area (Å²) in [4.78, 5) is 48.4. The van der Waals surface area contributed by atoms with Gasteiger partial charge in [-0.1, -0.05) is 0 Å². The molecule has 2 aromatic heterocycles. The number of nitrogens with one attached hydrogen (secondary N) is 2. The summed E-state index contributed by atoms with van der Waals surface area (Å²) < 4.78 is 16.2. The minimum Gasteiger partial charge on any atom is -0.477 e. The molecule has 2 fully saturated rings. The van der Waals surface area contributed by atoms with Crippen LogP contribution in [0, 0.1) is 0 Å². The van der Waals surface area contributed by atoms with E-state index in [2.05, 4.69) is 35.5 Å². The molecule has 0 spiro atoms. The molecule has 3 amide bonds. The number of morpholine rings is 1. The van der Waals surface area contributed by atoms with Crippen molar-refractivity contribution in [3.05, 3.63) is 24.7 Å². The van der Waals surface area contributed by atoms with Crippen molar-refractivity contribution in [2.75, 3.05) is 75.1 Å². The van der Waals surface area contributed by atoms with Crippen LogP contribution in [0.15, 0.2) is 24.7 Å². The van der Waals surface area contributed by atoms with Crippen LogP contribution in [0.25, 0.3) is 0 Å². The molecule has 0 aromatic carbocycles. The minimum atomic E-state index is -0.564. The van der Waals surface area contributed by atoms with Gasteiger partial charge in [0.1, 0.15) is 11.9 Å². The van der Waals surface area contributed by atoms with E-state index >= 15 is 0 Å². The van der Waals surface area contributed by atoms with Gasteiger partial charge in [-0.25, -0.2) is 24.5 Å². The predicted octanol–water partition coefficient (Wildman–Crippen LogP) is 2.07. The lowest BCUT2D eigenvalue weighted by Gasteiger charge is -2.37. The van der Waals surface area contributed by atoms with Crippen LogP contribution >= 0.6 is 0 Å². The molecule has 2 saturated heterocycles. The second-order valence-corrected chi connectivity index (χ2v) is 9.45. The monoisotopic (exact) mass is 543 g/mol. The van der Waals surface area contributed by atoms with Crippen LogP contribution in [0.3, 0.4) is 0 Å². The Morgan fingerprint density at radius 1 is 1.15 bits per heavy atom. The fourth-order valence-electron chi connectivity index (χ4n) is 4.49. The first kappa shape index (κ1) is 28.2. The molecule has 0 saturated carbocycles. The van der Waals surface area contributed by atoms with Crippen molar-refractivity contribution < 1.29 is 23.8 Å². The number of hydrogen-bond donors (Lipinski definition) is 2. The van der Waals surface area contributed by atoms with E-state index < -0.39 is 6.09 Å². The number of carbonyl (C=O) groups is 2. The molecule has 0 bridgehead atoms. The molecule has 2 aliphatic heterocycles. The van der Waals surface area contributed by atoms with Gasteiger partial charge in [0.15, 0.2) is 5.82 Å². The van der Waals surface area contributed by atoms with Gasteiger partial charge in [0.05, 0.1) is 38.3 Å². The zero-order chi connectivity index (χ0) is 27.6. The maximum atomic E-state index is 12.9. The van der Waals surface area contributed by atoms with Crippen molar-refractivity contribution in [2.24, 2.45) is 0 Å². The van der Waals surface area contributed by atoms with E-state index in [1.54, 1.807) is 24.2 Å². The van der Waals surface area contributed by atoms with Gasteiger partial charge in [0.2, 0.25) is 11.8 Å². The highest BCUT2D eigenvalue weighted by atomic mass is 16.6. The number of hydrogen-bond acceptors (Lipinski definition) is 11. The highest BCUT2D eigenvalue weighted by Gasteiger charge is 2.28. The molecule has 2 N–H and O–H groups in total. The quantitative estimate of drug-likeness (QED) is 0.479. The Morgan fingerprint density at radius 3 is 2.72 bits per heavy atom. The summed E-state index contributed by atoms with van der Waals surface area (Å²) >= 11 is 0. The SMILES string of the molecule is CCOc1cnc(NC(=O)N(C)[C@@H]2CCCN(c3nccc(NC(=O)O[C@@H](C)CN4CCOCC4)n3)C2)cn1. The second kappa shape index (κ2) is 13.8. The Balaban J connectivity index is 1.28. The van der Waals surface area contributed by atoms with Gasteiger partial charge in [-0.05, 0) is 32.8 Å². The number of nitrogens with zero attached hydrogens (tertiary/aromatic N) is 7. The molecular formula is C25H37N9O5. The molecule has 212 valence electrons. The number of amides is 3. The first-order valence-electron chi connectivity index (χ1n) is 13.3. The summed E-state index contributed by atoms with van der Waals surface area (Å²) in [6.07, 6.45) is 5.38. The largest absolute Gasteiger partial charge is 0.477 e. The van der Waals surface area contributed by atoms with Crippen molar-refractivity contribution in [2.45, 2.75) is 38.8 Å². The lowest BCUT2D eigenvalue weighted by molar-refractivity contribution is 0.0147. The summed E-state index contributed by atoms with van der Waals surface area (Å²) in [5.74, 6) is 1.58. The molecule has 4 rings (SSSR count). The van der Waals surface area contributed by atoms with E-state index in [9.17, 15) is 9.59 Å². The molecule has 39 heavy (non-hydrogen) atoms. The normalized spacial score (nSPS) is 18.6. The van der Waals surface area contributed by atoms with E-state index in [1.165, 1.54) is 12.4 Å². The summed E-state index contributed by atoms with van der Waals surface area (Å²) in [6, 6.07) is 1.27. The third-order valence-corrected chi connectivity index (χ3v) is 6.50. The highest BCUT2D eigenvalue weighted by Crippen LogP contribution is 2.21. The van der Waals surface area contributed by atoms with Crippen molar-refractivity contribution >= 4 is 29.7 Å². The average molecular weight is 544 g/mol. The number of ether oxygens (including phenoxy) is 3. The van der Waals surface area contributed by atoms with Gasteiger partial charge in [-0.3, -0.25) is 15.5 Å². The molecule has 14 heteroatoms. The fraction of sp³-hybridized carbons (Fsp3) is 0.600. The molecule has 2 atom stereocenters. The number of likely N-dealkylation sites (N-methyl/N-ethyl adjacent to an activating group) is 1. The number of urea groups is 1. The molecule has 2 aliphatic rings. The van der Waals surface area contributed by atoms with Crippen LogP contribution in [0.4, 0.5) is 27.2 Å². The summed E-state index contributed by atoms with van der Waals surface area (Å²) in [5.41, 5.74) is 0. The summed E-state index contributed by atoms with van der Waals surface area (Å²) in [6.45, 7) is 9.18. The third kappa shape index (κ3) is 8.35. The van der Waals surface area contributed by atoms with Crippen molar-refractivity contribution in [3.63, 3.8) is 0 Å². The Bertz CT molecular complexity index is 1080. The molecule has 0 radical (unpaired) electrons. The number of aromatic nitrogens is 4. The second-order valence-electron chi connectivity index (χ2n) is 9.45. The van der Waals surface area contributed by atoms with Crippen LogP contribution in [-0.4, -0.2) is 114 Å². The van der Waals surface area contributed by atoms with Gasteiger partial charge < -0.3 is 24.0 Å². The molecule has 0 aliphatic carbocycles. The standard InChI is InChI=1S/C25H37N9O5/c1-4-38-22-15-27-21(14-28-22)30-24(35)32(3)19-6-5-9-34(17-19)23-26-8-7-20(29-23)31-25(36)39-18(2)16-33-10-12-37-13-11-33/h7-8,14-15,18-19H,4-6,9-13,16-17H2,1-3H3,(H,27,30,35)(H,26,29,31,36)/t18-,19+/m0/s1. The Kier molecular flexibility index (Phi) is 10.0. The number of rotatable bonds is 9. The molecule has 0 unspecified atom stereocenters. The fourth-order valence-corrected chi connectivity index (χ4v) is 4.49. The molecular weight excluding hydrogens is 506 g/mol. The maximum Gasteiger partial charge on any atom is 0.413 e. The van der Waals surface area contributed by atoms with E-state index in [-0.39, 0.29) is 18.2 Å². The lowest BCUT2D eigenvalue weighted by Crippen LogP contribution is -2.50. The topological polar surface area (TPSA) is 147 Å². The zero-order valence-corrected chi connectivity index (χ0v) is 22.7. The zero-order valence-electron chi connectivity index (χ0n) is 22.7. The summed E-state index contributed by atoms with van der Waals surface area (Å²) in [5, 5.41) is 5.47. The van der Waals surface area contributed by atoms with E-state index in [0.29, 0.717) is 56.4 Å². The van der Waals surface area contributed by atoms with Crippen LogP contribution in [-0.2, 0) is 9.47 Å². The third-order valence-electron chi connectivity index (χ3n) is 6.50. The number of piperidine rings is 1. The van der Waals surface area contributed by atoms with Gasteiger partial charge >= 0.3 is 12.1 Å². The minimum absolute atomic E-state index is 0.0689. The van der Waals surface area contributed by atoms with E-state index in [1.807, 2.05) is 18.7 Å². The van der Waals surface area contributed by atoms with Crippen molar-refractivity contribution in [1.82, 2.24) is 29.7 Å². The Morgan fingerprint density at radius 2 is 1.97 bits per heavy atom. The van der Waals surface area contributed by atoms with Crippen LogP contribution in [0.1, 0.15) is 26.7 Å². The first-order chi connectivity index (χ1) is 18.9. The van der Waals surface area contributed by atoms with Gasteiger partial charge in [-0.15, -0.1) is 0 Å². The van der Waals surface area contributed by atoms with Crippen molar-refractivity contribution in [1.29, 1.82) is 0 Å². The molecule has 4 heterocycles. The van der Waals surface area contributed by atoms with E-state index in [0.717, 1.165) is 32.5 Å². The molecule has 14 nitrogen and oxygen atoms in total. The predicted molar refractivity (Wildman–Crippen MR) is 144 cm³/mol. The van der Waals surface area contributed by atoms with Crippen LogP contribution in [0.5, 0.6) is 5.88 Å². The van der Waals surface area contributed by atoms with Crippen LogP contribution < -0.4 is 20.3 Å². The summed E-state index contributed by atoms with van der Waals surface area (Å²) in [7, 11) is 1.75. The first-order valence-corrected chi connectivity index (χ1v) is 13.3. The Hall–Kier alpha value is -3.78. The Labute approximate surface area is 228 Å². The van der Waals surface area contributed by atoms with Crippen LogP contribution in [0.2, 0.25) is 0 Å². The highest BCUT2D eigenvalue weighted by molar-refractivity contribution is 5.88. The molecule has 2 aromatic rings. The lowest BCUT2D eigenvalue weighted by atomic mass is 10.1. The number of anilines is 3. The number of carbonyl (C=O) groups excluding carboxylic acids is 2. The van der Waals surface area contributed by atoms with E-state index in [4.69, 9.17) is 14.2 Å². The maximum absolute atomic E-state index is 12.9. The van der Waals surface area contributed by atoms with Gasteiger partial charge in [0, 0.05) is 46.0 Å². The smallest absolute Gasteiger partial charge is 0.413 e. The average Bonchev–Trinajstić information content (AvgIpc) is 2.94. The van der Waals surface area contributed by atoms with Gasteiger partial charge in [-0.2, -0.15) is 4.98 Å². The van der Waals surface area contributed by atoms with Crippen molar-refractivity contribution in [3.8, 4) is 5.88 Å².